The topological polar surface area (TPSA) is 69.6 Å². The van der Waals surface area contributed by atoms with Crippen molar-refractivity contribution in [1.82, 2.24) is 5.32 Å². The van der Waals surface area contributed by atoms with Crippen molar-refractivity contribution in [2.75, 3.05) is 6.61 Å². The second-order valence-corrected chi connectivity index (χ2v) is 18.3. The molecular weight excluding hydrogens is 687 g/mol. The first kappa shape index (κ1) is 55.4. The average molecular weight is 792 g/mol. The van der Waals surface area contributed by atoms with E-state index in [1.54, 1.807) is 0 Å². The van der Waals surface area contributed by atoms with E-state index < -0.39 is 12.1 Å². The fraction of sp³-hybridized carbons (Fsp3) is 0.981. The number of hydrogen-bond acceptors (Lipinski definition) is 3. The molecule has 0 radical (unpaired) electrons. The number of amides is 1. The van der Waals surface area contributed by atoms with Gasteiger partial charge in [-0.1, -0.05) is 290 Å². The molecule has 4 nitrogen and oxygen atoms in total. The van der Waals surface area contributed by atoms with Gasteiger partial charge < -0.3 is 15.5 Å². The van der Waals surface area contributed by atoms with Crippen LogP contribution in [0.4, 0.5) is 0 Å². The molecule has 56 heavy (non-hydrogen) atoms. The van der Waals surface area contributed by atoms with Crippen molar-refractivity contribution < 1.29 is 15.0 Å². The molecule has 3 N–H and O–H groups in total. The third-order valence-corrected chi connectivity index (χ3v) is 12.6. The van der Waals surface area contributed by atoms with E-state index in [0.717, 1.165) is 25.7 Å². The molecule has 0 aliphatic heterocycles. The zero-order chi connectivity index (χ0) is 40.7. The quantitative estimate of drug-likeness (QED) is 0.0538. The van der Waals surface area contributed by atoms with Gasteiger partial charge in [0.2, 0.25) is 5.91 Å². The molecule has 0 aliphatic carbocycles. The van der Waals surface area contributed by atoms with E-state index in [1.165, 1.54) is 257 Å². The van der Waals surface area contributed by atoms with E-state index in [2.05, 4.69) is 19.2 Å². The van der Waals surface area contributed by atoms with Crippen molar-refractivity contribution in [3.63, 3.8) is 0 Å². The Morgan fingerprint density at radius 3 is 0.804 bits per heavy atom. The summed E-state index contributed by atoms with van der Waals surface area (Å²) in [5, 5.41) is 22.9. The fourth-order valence-electron chi connectivity index (χ4n) is 8.60. The van der Waals surface area contributed by atoms with Gasteiger partial charge in [-0.15, -0.1) is 0 Å². The Morgan fingerprint density at radius 1 is 0.357 bits per heavy atom. The molecule has 0 heterocycles. The van der Waals surface area contributed by atoms with Crippen LogP contribution in [0.5, 0.6) is 0 Å². The summed E-state index contributed by atoms with van der Waals surface area (Å²) in [5.74, 6) is -0.0301. The van der Waals surface area contributed by atoms with E-state index in [1.807, 2.05) is 0 Å². The van der Waals surface area contributed by atoms with Crippen molar-refractivity contribution in [3.8, 4) is 0 Å². The molecule has 0 bridgehead atoms. The van der Waals surface area contributed by atoms with Crippen LogP contribution in [-0.2, 0) is 4.79 Å². The van der Waals surface area contributed by atoms with Crippen LogP contribution in [0.1, 0.15) is 309 Å². The summed E-state index contributed by atoms with van der Waals surface area (Å²) in [6, 6.07) is -0.527. The highest BCUT2D eigenvalue weighted by Crippen LogP contribution is 2.18. The minimum absolute atomic E-state index is 0.0301. The predicted octanol–water partition coefficient (Wildman–Crippen LogP) is 16.8. The van der Waals surface area contributed by atoms with E-state index in [-0.39, 0.29) is 12.5 Å². The lowest BCUT2D eigenvalue weighted by atomic mass is 10.0. The molecule has 4 heteroatoms. The highest BCUT2D eigenvalue weighted by atomic mass is 16.3. The molecule has 0 aromatic rings. The molecule has 0 rings (SSSR count). The molecule has 0 aromatic carbocycles. The van der Waals surface area contributed by atoms with Gasteiger partial charge in [0.1, 0.15) is 0 Å². The van der Waals surface area contributed by atoms with Gasteiger partial charge in [0, 0.05) is 6.42 Å². The third-order valence-electron chi connectivity index (χ3n) is 12.6. The smallest absolute Gasteiger partial charge is 0.220 e. The second-order valence-electron chi connectivity index (χ2n) is 18.3. The van der Waals surface area contributed by atoms with Gasteiger partial charge >= 0.3 is 0 Å². The van der Waals surface area contributed by atoms with Crippen LogP contribution in [0.15, 0.2) is 0 Å². The number of aliphatic hydroxyl groups excluding tert-OH is 2. The maximum Gasteiger partial charge on any atom is 0.220 e. The molecule has 336 valence electrons. The summed E-state index contributed by atoms with van der Waals surface area (Å²) in [6.07, 6.45) is 61.3. The van der Waals surface area contributed by atoms with Crippen LogP contribution in [-0.4, -0.2) is 34.9 Å². The van der Waals surface area contributed by atoms with Gasteiger partial charge in [-0.25, -0.2) is 0 Å². The van der Waals surface area contributed by atoms with Gasteiger partial charge in [-0.05, 0) is 12.8 Å². The number of carbonyl (C=O) groups excluding carboxylic acids is 1. The lowest BCUT2D eigenvalue weighted by Gasteiger charge is -2.22. The first-order valence-electron chi connectivity index (χ1n) is 26.2. The molecule has 0 fully saturated rings. The van der Waals surface area contributed by atoms with Gasteiger partial charge in [0.15, 0.2) is 0 Å². The normalized spacial score (nSPS) is 12.7. The summed E-state index contributed by atoms with van der Waals surface area (Å²) in [7, 11) is 0. The maximum absolute atomic E-state index is 12.3. The monoisotopic (exact) mass is 792 g/mol. The molecular formula is C52H105NO3. The van der Waals surface area contributed by atoms with Crippen LogP contribution in [0, 0.1) is 0 Å². The van der Waals surface area contributed by atoms with Crippen LogP contribution >= 0.6 is 0 Å². The maximum atomic E-state index is 12.3. The van der Waals surface area contributed by atoms with Crippen LogP contribution in [0.3, 0.4) is 0 Å². The highest BCUT2D eigenvalue weighted by molar-refractivity contribution is 5.76. The van der Waals surface area contributed by atoms with Crippen molar-refractivity contribution in [3.05, 3.63) is 0 Å². The summed E-state index contributed by atoms with van der Waals surface area (Å²) >= 11 is 0. The molecule has 0 aromatic heterocycles. The van der Waals surface area contributed by atoms with Crippen molar-refractivity contribution in [2.24, 2.45) is 0 Å². The first-order chi connectivity index (χ1) is 27.7. The van der Waals surface area contributed by atoms with Crippen molar-refractivity contribution in [1.29, 1.82) is 0 Å². The van der Waals surface area contributed by atoms with E-state index in [9.17, 15) is 15.0 Å². The van der Waals surface area contributed by atoms with Crippen LogP contribution < -0.4 is 5.32 Å². The average Bonchev–Trinajstić information content (AvgIpc) is 3.20. The standard InChI is InChI=1S/C52H105NO3/c1-3-5-7-9-11-12-13-14-15-16-17-18-19-20-21-22-23-24-25-26-27-28-29-30-31-32-33-34-35-36-37-38-39-40-41-42-44-46-48-52(56)53-50(49-54)51(55)47-45-43-10-8-6-4-2/h50-51,54-55H,3-49H2,1-2H3,(H,53,56). The highest BCUT2D eigenvalue weighted by Gasteiger charge is 2.20. The van der Waals surface area contributed by atoms with Gasteiger partial charge in [0.25, 0.3) is 0 Å². The summed E-state index contributed by atoms with van der Waals surface area (Å²) in [6.45, 7) is 4.33. The van der Waals surface area contributed by atoms with Crippen molar-refractivity contribution >= 4 is 5.91 Å². The number of nitrogens with one attached hydrogen (secondary N) is 1. The molecule has 0 saturated heterocycles. The largest absolute Gasteiger partial charge is 0.394 e. The second kappa shape index (κ2) is 48.8. The van der Waals surface area contributed by atoms with Crippen molar-refractivity contribution in [2.45, 2.75) is 321 Å². The van der Waals surface area contributed by atoms with E-state index in [4.69, 9.17) is 0 Å². The Kier molecular flexibility index (Phi) is 48.2. The zero-order valence-corrected chi connectivity index (χ0v) is 38.7. The molecule has 0 aliphatic rings. The molecule has 1 amide bonds. The number of rotatable bonds is 49. The summed E-state index contributed by atoms with van der Waals surface area (Å²) < 4.78 is 0. The van der Waals surface area contributed by atoms with Crippen LogP contribution in [0.25, 0.3) is 0 Å². The number of aliphatic hydroxyl groups is 2. The Hall–Kier alpha value is -0.610. The third kappa shape index (κ3) is 44.5. The van der Waals surface area contributed by atoms with E-state index >= 15 is 0 Å². The minimum Gasteiger partial charge on any atom is -0.394 e. The first-order valence-corrected chi connectivity index (χ1v) is 26.2. The Bertz CT molecular complexity index is 729. The number of hydrogen-bond donors (Lipinski definition) is 3. The Labute approximate surface area is 353 Å². The van der Waals surface area contributed by atoms with E-state index in [0.29, 0.717) is 12.8 Å². The van der Waals surface area contributed by atoms with Gasteiger partial charge in [-0.3, -0.25) is 4.79 Å². The predicted molar refractivity (Wildman–Crippen MR) is 249 cm³/mol. The van der Waals surface area contributed by atoms with Gasteiger partial charge in [0.05, 0.1) is 18.8 Å². The summed E-state index contributed by atoms with van der Waals surface area (Å²) in [4.78, 5) is 12.3. The van der Waals surface area contributed by atoms with Crippen LogP contribution in [0.2, 0.25) is 0 Å². The number of carbonyl (C=O) groups is 1. The molecule has 0 saturated carbocycles. The summed E-state index contributed by atoms with van der Waals surface area (Å²) in [5.41, 5.74) is 0. The number of unbranched alkanes of at least 4 members (excludes halogenated alkanes) is 42. The lowest BCUT2D eigenvalue weighted by molar-refractivity contribution is -0.123. The van der Waals surface area contributed by atoms with Gasteiger partial charge in [-0.2, -0.15) is 0 Å². The minimum atomic E-state index is -0.650. The Balaban J connectivity index is 3.24. The molecule has 2 atom stereocenters. The fourth-order valence-corrected chi connectivity index (χ4v) is 8.60. The molecule has 2 unspecified atom stereocenters. The Morgan fingerprint density at radius 2 is 0.571 bits per heavy atom. The molecule has 0 spiro atoms. The SMILES string of the molecule is CCCCCCCCCCCCCCCCCCCCCCCCCCCCCCCCCCCCCCCCC(=O)NC(CO)C(O)CCCCCCCC. The zero-order valence-electron chi connectivity index (χ0n) is 38.7. The lowest BCUT2D eigenvalue weighted by Crippen LogP contribution is -2.45.